The summed E-state index contributed by atoms with van der Waals surface area (Å²) < 4.78 is 16.0. The third-order valence-corrected chi connectivity index (χ3v) is 2.65. The maximum absolute atomic E-state index is 11.9. The molecule has 0 N–H and O–H groups in total. The normalized spacial score (nSPS) is 19.5. The van der Waals surface area contributed by atoms with Crippen molar-refractivity contribution < 1.29 is 23.8 Å². The van der Waals surface area contributed by atoms with Crippen LogP contribution in [0.3, 0.4) is 0 Å². The van der Waals surface area contributed by atoms with Crippen LogP contribution < -0.4 is 0 Å². The van der Waals surface area contributed by atoms with Crippen LogP contribution in [-0.4, -0.2) is 54.0 Å². The zero-order chi connectivity index (χ0) is 16.3. The van der Waals surface area contributed by atoms with Gasteiger partial charge in [0.2, 0.25) is 0 Å². The third-order valence-electron chi connectivity index (χ3n) is 2.65. The first-order chi connectivity index (χ1) is 9.46. The van der Waals surface area contributed by atoms with E-state index in [1.165, 1.54) is 0 Å². The van der Waals surface area contributed by atoms with Crippen molar-refractivity contribution in [2.45, 2.75) is 65.3 Å². The van der Waals surface area contributed by atoms with E-state index in [0.29, 0.717) is 19.5 Å². The number of likely N-dealkylation sites (tertiary alicyclic amines) is 1. The molecule has 0 aromatic rings. The predicted molar refractivity (Wildman–Crippen MR) is 78.0 cm³/mol. The lowest BCUT2D eigenvalue weighted by Gasteiger charge is -2.24. The number of hydrogen-bond donors (Lipinski definition) is 0. The Labute approximate surface area is 126 Å². The van der Waals surface area contributed by atoms with E-state index in [-0.39, 0.29) is 18.8 Å². The van der Waals surface area contributed by atoms with Gasteiger partial charge >= 0.3 is 12.1 Å². The van der Waals surface area contributed by atoms with E-state index in [0.717, 1.165) is 0 Å². The van der Waals surface area contributed by atoms with Crippen LogP contribution in [0.1, 0.15) is 48.0 Å². The van der Waals surface area contributed by atoms with Crippen LogP contribution in [0, 0.1) is 0 Å². The van der Waals surface area contributed by atoms with Gasteiger partial charge in [-0.3, -0.25) is 0 Å². The van der Waals surface area contributed by atoms with Gasteiger partial charge in [-0.2, -0.15) is 0 Å². The quantitative estimate of drug-likeness (QED) is 0.749. The number of nitrogens with zero attached hydrogens (tertiary/aromatic N) is 1. The lowest BCUT2D eigenvalue weighted by molar-refractivity contribution is -0.162. The zero-order valence-electron chi connectivity index (χ0n) is 13.9. The molecule has 0 saturated carbocycles. The van der Waals surface area contributed by atoms with Crippen molar-refractivity contribution in [1.29, 1.82) is 0 Å². The molecule has 0 aliphatic carbocycles. The minimum absolute atomic E-state index is 0.0932. The number of esters is 1. The summed E-state index contributed by atoms with van der Waals surface area (Å²) in [6.07, 6.45) is 0.207. The first-order valence-electron chi connectivity index (χ1n) is 7.28. The van der Waals surface area contributed by atoms with E-state index < -0.39 is 17.2 Å². The highest BCUT2D eigenvalue weighted by Gasteiger charge is 2.30. The molecule has 0 spiro atoms. The van der Waals surface area contributed by atoms with Gasteiger partial charge in [-0.1, -0.05) is 0 Å². The smallest absolute Gasteiger partial charge is 0.410 e. The number of ether oxygens (including phenoxy) is 3. The van der Waals surface area contributed by atoms with E-state index >= 15 is 0 Å². The van der Waals surface area contributed by atoms with Crippen LogP contribution in [0.25, 0.3) is 0 Å². The molecule has 1 atom stereocenters. The first kappa shape index (κ1) is 17.8. The minimum Gasteiger partial charge on any atom is -0.458 e. The molecule has 1 heterocycles. The Morgan fingerprint density at radius 2 is 1.62 bits per heavy atom. The highest BCUT2D eigenvalue weighted by atomic mass is 16.6. The topological polar surface area (TPSA) is 65.1 Å². The molecule has 0 bridgehead atoms. The van der Waals surface area contributed by atoms with Crippen molar-refractivity contribution in [2.24, 2.45) is 0 Å². The Morgan fingerprint density at radius 1 is 1.05 bits per heavy atom. The fourth-order valence-corrected chi connectivity index (χ4v) is 1.91. The molecule has 1 aliphatic heterocycles. The van der Waals surface area contributed by atoms with Crippen LogP contribution in [0.2, 0.25) is 0 Å². The maximum atomic E-state index is 11.9. The number of carbonyl (C=O) groups is 2. The molecule has 1 aliphatic rings. The lowest BCUT2D eigenvalue weighted by Crippen LogP contribution is -2.36. The molecule has 0 aromatic carbocycles. The van der Waals surface area contributed by atoms with Crippen LogP contribution in [0.4, 0.5) is 4.79 Å². The SMILES string of the molecule is CC(C)(C)OC(=O)CO[C@@H]1CCN(C(=O)OC(C)(C)C)C1. The minimum atomic E-state index is -0.515. The van der Waals surface area contributed by atoms with Crippen LogP contribution >= 0.6 is 0 Å². The van der Waals surface area contributed by atoms with Gasteiger partial charge in [-0.25, -0.2) is 9.59 Å². The Kier molecular flexibility index (Phi) is 5.61. The van der Waals surface area contributed by atoms with Crippen molar-refractivity contribution in [3.63, 3.8) is 0 Å². The van der Waals surface area contributed by atoms with Gasteiger partial charge in [-0.05, 0) is 48.0 Å². The van der Waals surface area contributed by atoms with E-state index in [2.05, 4.69) is 0 Å². The molecule has 1 amide bonds. The number of amides is 1. The number of hydrogen-bond acceptors (Lipinski definition) is 5. The number of rotatable bonds is 3. The number of carbonyl (C=O) groups excluding carboxylic acids is 2. The molecule has 21 heavy (non-hydrogen) atoms. The van der Waals surface area contributed by atoms with Crippen molar-refractivity contribution in [3.05, 3.63) is 0 Å². The van der Waals surface area contributed by atoms with Crippen LogP contribution in [-0.2, 0) is 19.0 Å². The summed E-state index contributed by atoms with van der Waals surface area (Å²) in [5.41, 5.74) is -1.02. The molecule has 6 nitrogen and oxygen atoms in total. The summed E-state index contributed by atoms with van der Waals surface area (Å²) >= 11 is 0. The van der Waals surface area contributed by atoms with E-state index in [1.807, 2.05) is 41.5 Å². The average Bonchev–Trinajstić information content (AvgIpc) is 2.70. The summed E-state index contributed by atoms with van der Waals surface area (Å²) in [7, 11) is 0. The second-order valence-electron chi connectivity index (χ2n) is 7.23. The summed E-state index contributed by atoms with van der Waals surface area (Å²) in [6.45, 7) is 11.8. The summed E-state index contributed by atoms with van der Waals surface area (Å²) in [6, 6.07) is 0. The van der Waals surface area contributed by atoms with Gasteiger partial charge in [0, 0.05) is 6.54 Å². The van der Waals surface area contributed by atoms with Crippen molar-refractivity contribution in [1.82, 2.24) is 4.90 Å². The second-order valence-corrected chi connectivity index (χ2v) is 7.23. The van der Waals surface area contributed by atoms with E-state index in [9.17, 15) is 9.59 Å². The summed E-state index contributed by atoms with van der Waals surface area (Å²) in [4.78, 5) is 25.1. The van der Waals surface area contributed by atoms with Gasteiger partial charge in [0.1, 0.15) is 17.8 Å². The first-order valence-corrected chi connectivity index (χ1v) is 7.28. The molecule has 0 unspecified atom stereocenters. The summed E-state index contributed by atoms with van der Waals surface area (Å²) in [5, 5.41) is 0. The molecule has 0 aromatic heterocycles. The van der Waals surface area contributed by atoms with Gasteiger partial charge in [-0.15, -0.1) is 0 Å². The largest absolute Gasteiger partial charge is 0.458 e. The second kappa shape index (κ2) is 6.64. The van der Waals surface area contributed by atoms with Crippen molar-refractivity contribution >= 4 is 12.1 Å². The molecule has 0 radical (unpaired) electrons. The molecule has 1 saturated heterocycles. The molecular formula is C15H27NO5. The van der Waals surface area contributed by atoms with Gasteiger partial charge in [0.15, 0.2) is 0 Å². The Morgan fingerprint density at radius 3 is 2.14 bits per heavy atom. The molecule has 6 heteroatoms. The van der Waals surface area contributed by atoms with Crippen LogP contribution in [0.15, 0.2) is 0 Å². The lowest BCUT2D eigenvalue weighted by atomic mass is 10.2. The van der Waals surface area contributed by atoms with Crippen molar-refractivity contribution in [3.8, 4) is 0 Å². The summed E-state index contributed by atoms with van der Waals surface area (Å²) in [5.74, 6) is -0.391. The predicted octanol–water partition coefficient (Wildman–Crippen LogP) is 2.35. The molecule has 122 valence electrons. The Bertz CT molecular complexity index is 381. The van der Waals surface area contributed by atoms with E-state index in [1.54, 1.807) is 4.90 Å². The van der Waals surface area contributed by atoms with Crippen LogP contribution in [0.5, 0.6) is 0 Å². The fourth-order valence-electron chi connectivity index (χ4n) is 1.91. The highest BCUT2D eigenvalue weighted by molar-refractivity contribution is 5.71. The Hall–Kier alpha value is -1.30. The highest BCUT2D eigenvalue weighted by Crippen LogP contribution is 2.17. The Balaban J connectivity index is 2.32. The molecular weight excluding hydrogens is 274 g/mol. The van der Waals surface area contributed by atoms with Gasteiger partial charge in [0.25, 0.3) is 0 Å². The zero-order valence-corrected chi connectivity index (χ0v) is 13.9. The standard InChI is InChI=1S/C15H27NO5/c1-14(2,3)20-12(17)10-19-11-7-8-16(9-11)13(18)21-15(4,5)6/h11H,7-10H2,1-6H3/t11-/m1/s1. The van der Waals surface area contributed by atoms with E-state index in [4.69, 9.17) is 14.2 Å². The molecule has 1 fully saturated rings. The molecule has 1 rings (SSSR count). The van der Waals surface area contributed by atoms with Gasteiger partial charge in [0.05, 0.1) is 12.6 Å². The average molecular weight is 301 g/mol. The monoisotopic (exact) mass is 301 g/mol. The fraction of sp³-hybridized carbons (Fsp3) is 0.867. The van der Waals surface area contributed by atoms with Gasteiger partial charge < -0.3 is 19.1 Å². The third kappa shape index (κ3) is 7.32. The van der Waals surface area contributed by atoms with Crippen molar-refractivity contribution in [2.75, 3.05) is 19.7 Å². The maximum Gasteiger partial charge on any atom is 0.410 e.